The average molecular weight is 483 g/mol. The molecule has 2 heterocycles. The molecule has 0 aliphatic heterocycles. The summed E-state index contributed by atoms with van der Waals surface area (Å²) in [5.41, 5.74) is 7.69. The molecule has 37 heavy (non-hydrogen) atoms. The fourth-order valence-corrected chi connectivity index (χ4v) is 5.18. The molecule has 5 nitrogen and oxygen atoms in total. The Balaban J connectivity index is 1.59. The largest absolute Gasteiger partial charge is 0.396 e. The molecule has 6 aromatic rings. The van der Waals surface area contributed by atoms with Crippen LogP contribution in [0.5, 0.6) is 0 Å². The third-order valence-corrected chi connectivity index (χ3v) is 6.94. The van der Waals surface area contributed by atoms with E-state index in [1.165, 1.54) is 5.39 Å². The fourth-order valence-electron chi connectivity index (χ4n) is 5.18. The number of rotatable bonds is 6. The van der Waals surface area contributed by atoms with Crippen LogP contribution in [0.1, 0.15) is 18.9 Å². The Morgan fingerprint density at radius 2 is 1.76 bits per heavy atom. The molecule has 6 rings (SSSR count). The quantitative estimate of drug-likeness (QED) is 0.267. The van der Waals surface area contributed by atoms with Gasteiger partial charge in [-0.3, -0.25) is 4.98 Å². The SMILES string of the molecule is CC(CCO)Nc1cc(-n2c3ccccc3c3c(-c4cnc5ccccc5c4)cccc32)ccc1C#N. The second-order valence-electron chi connectivity index (χ2n) is 9.37. The number of anilines is 1. The number of nitrogens with one attached hydrogen (secondary N) is 1. The summed E-state index contributed by atoms with van der Waals surface area (Å²) in [6.45, 7) is 2.10. The summed E-state index contributed by atoms with van der Waals surface area (Å²) in [6.07, 6.45) is 2.56. The van der Waals surface area contributed by atoms with Gasteiger partial charge in [-0.25, -0.2) is 0 Å². The number of fused-ring (bicyclic) bond motifs is 4. The molecule has 0 bridgehead atoms. The van der Waals surface area contributed by atoms with Crippen LogP contribution in [-0.4, -0.2) is 27.3 Å². The zero-order chi connectivity index (χ0) is 25.4. The van der Waals surface area contributed by atoms with Crippen molar-refractivity contribution in [1.82, 2.24) is 9.55 Å². The Labute approximate surface area is 215 Å². The number of aromatic nitrogens is 2. The number of hydrogen-bond donors (Lipinski definition) is 2. The second kappa shape index (κ2) is 9.42. The lowest BCUT2D eigenvalue weighted by Crippen LogP contribution is -2.17. The lowest BCUT2D eigenvalue weighted by Gasteiger charge is -2.17. The third-order valence-electron chi connectivity index (χ3n) is 6.94. The van der Waals surface area contributed by atoms with E-state index in [0.29, 0.717) is 12.0 Å². The first-order chi connectivity index (χ1) is 18.2. The first-order valence-electron chi connectivity index (χ1n) is 12.5. The van der Waals surface area contributed by atoms with Crippen LogP contribution in [0.3, 0.4) is 0 Å². The van der Waals surface area contributed by atoms with Crippen LogP contribution >= 0.6 is 0 Å². The summed E-state index contributed by atoms with van der Waals surface area (Å²) in [6, 6.07) is 33.4. The summed E-state index contributed by atoms with van der Waals surface area (Å²) >= 11 is 0. The van der Waals surface area contributed by atoms with Gasteiger partial charge in [-0.15, -0.1) is 0 Å². The number of aliphatic hydroxyl groups excluding tert-OH is 1. The van der Waals surface area contributed by atoms with E-state index in [0.717, 1.165) is 49.8 Å². The lowest BCUT2D eigenvalue weighted by molar-refractivity contribution is 0.282. The number of pyridine rings is 1. The summed E-state index contributed by atoms with van der Waals surface area (Å²) in [5, 5.41) is 25.9. The van der Waals surface area contributed by atoms with Gasteiger partial charge in [-0.2, -0.15) is 5.26 Å². The zero-order valence-corrected chi connectivity index (χ0v) is 20.5. The standard InChI is InChI=1S/C32H26N4O/c1-21(15-16-37)35-29-18-25(14-13-23(29)19-33)36-30-11-5-3-8-27(30)32-26(9-6-12-31(32)36)24-17-22-7-2-4-10-28(22)34-20-24/h2-14,17-18,20-21,35,37H,15-16H2,1H3. The van der Waals surface area contributed by atoms with Crippen molar-refractivity contribution in [2.45, 2.75) is 19.4 Å². The molecule has 0 spiro atoms. The highest BCUT2D eigenvalue weighted by Gasteiger charge is 2.17. The maximum atomic E-state index is 9.71. The minimum atomic E-state index is 0.0394. The van der Waals surface area contributed by atoms with Gasteiger partial charge >= 0.3 is 0 Å². The molecule has 4 aromatic carbocycles. The minimum Gasteiger partial charge on any atom is -0.396 e. The number of nitriles is 1. The number of hydrogen-bond acceptors (Lipinski definition) is 4. The van der Waals surface area contributed by atoms with Gasteiger partial charge in [-0.1, -0.05) is 48.5 Å². The summed E-state index contributed by atoms with van der Waals surface area (Å²) in [7, 11) is 0. The highest BCUT2D eigenvalue weighted by Crippen LogP contribution is 2.39. The summed E-state index contributed by atoms with van der Waals surface area (Å²) in [4.78, 5) is 4.72. The van der Waals surface area contributed by atoms with Crippen molar-refractivity contribution >= 4 is 38.4 Å². The molecule has 180 valence electrons. The van der Waals surface area contributed by atoms with E-state index in [9.17, 15) is 10.4 Å². The lowest BCUT2D eigenvalue weighted by atomic mass is 9.99. The molecule has 5 heteroatoms. The molecule has 2 N–H and O–H groups in total. The van der Waals surface area contributed by atoms with Crippen molar-refractivity contribution in [3.05, 3.63) is 103 Å². The Kier molecular flexibility index (Phi) is 5.80. The Bertz CT molecular complexity index is 1810. The van der Waals surface area contributed by atoms with E-state index < -0.39 is 0 Å². The molecule has 0 aliphatic rings. The first-order valence-corrected chi connectivity index (χ1v) is 12.5. The van der Waals surface area contributed by atoms with Gasteiger partial charge in [0.25, 0.3) is 0 Å². The molecule has 0 saturated heterocycles. The van der Waals surface area contributed by atoms with Gasteiger partial charge in [-0.05, 0) is 61.4 Å². The zero-order valence-electron chi connectivity index (χ0n) is 20.5. The highest BCUT2D eigenvalue weighted by atomic mass is 16.3. The van der Waals surface area contributed by atoms with Crippen molar-refractivity contribution in [1.29, 1.82) is 5.26 Å². The molecule has 1 unspecified atom stereocenters. The van der Waals surface area contributed by atoms with E-state index in [1.54, 1.807) is 0 Å². The number of para-hydroxylation sites is 2. The van der Waals surface area contributed by atoms with E-state index in [1.807, 2.05) is 49.5 Å². The fraction of sp³-hybridized carbons (Fsp3) is 0.125. The van der Waals surface area contributed by atoms with Gasteiger partial charge in [0.15, 0.2) is 0 Å². The number of benzene rings is 4. The van der Waals surface area contributed by atoms with Gasteiger partial charge in [0, 0.05) is 46.3 Å². The van der Waals surface area contributed by atoms with Crippen molar-refractivity contribution in [3.8, 4) is 22.9 Å². The molecular weight excluding hydrogens is 456 g/mol. The van der Waals surface area contributed by atoms with Crippen LogP contribution in [0.25, 0.3) is 49.5 Å². The maximum absolute atomic E-state index is 9.71. The number of nitrogens with zero attached hydrogens (tertiary/aromatic N) is 3. The van der Waals surface area contributed by atoms with Crippen LogP contribution in [0.2, 0.25) is 0 Å². The Morgan fingerprint density at radius 3 is 2.62 bits per heavy atom. The van der Waals surface area contributed by atoms with Crippen molar-refractivity contribution in [2.75, 3.05) is 11.9 Å². The molecule has 0 radical (unpaired) electrons. The smallest absolute Gasteiger partial charge is 0.101 e. The molecule has 2 aromatic heterocycles. The predicted molar refractivity (Wildman–Crippen MR) is 151 cm³/mol. The first kappa shape index (κ1) is 22.8. The minimum absolute atomic E-state index is 0.0394. The monoisotopic (exact) mass is 482 g/mol. The topological polar surface area (TPSA) is 73.9 Å². The van der Waals surface area contributed by atoms with Crippen LogP contribution in [0.4, 0.5) is 5.69 Å². The van der Waals surface area contributed by atoms with Gasteiger partial charge in [0.1, 0.15) is 6.07 Å². The third kappa shape index (κ3) is 3.98. The van der Waals surface area contributed by atoms with E-state index in [4.69, 9.17) is 4.98 Å². The second-order valence-corrected chi connectivity index (χ2v) is 9.37. The van der Waals surface area contributed by atoms with E-state index >= 15 is 0 Å². The molecule has 1 atom stereocenters. The molecular formula is C32H26N4O. The Hall–Kier alpha value is -4.66. The molecule has 0 amide bonds. The average Bonchev–Trinajstić information content (AvgIpc) is 3.27. The normalized spacial score (nSPS) is 12.1. The molecule has 0 saturated carbocycles. The van der Waals surface area contributed by atoms with E-state index in [2.05, 4.69) is 70.6 Å². The number of aliphatic hydroxyl groups is 1. The predicted octanol–water partition coefficient (Wildman–Crippen LogP) is 7.05. The summed E-state index contributed by atoms with van der Waals surface area (Å²) in [5.74, 6) is 0. The van der Waals surface area contributed by atoms with Crippen LogP contribution < -0.4 is 5.32 Å². The van der Waals surface area contributed by atoms with Crippen LogP contribution in [0, 0.1) is 11.3 Å². The van der Waals surface area contributed by atoms with Gasteiger partial charge < -0.3 is 15.0 Å². The van der Waals surface area contributed by atoms with Crippen molar-refractivity contribution in [3.63, 3.8) is 0 Å². The van der Waals surface area contributed by atoms with E-state index in [-0.39, 0.29) is 12.6 Å². The highest BCUT2D eigenvalue weighted by molar-refractivity contribution is 6.16. The van der Waals surface area contributed by atoms with Gasteiger partial charge in [0.2, 0.25) is 0 Å². The Morgan fingerprint density at radius 1 is 0.946 bits per heavy atom. The molecule has 0 aliphatic carbocycles. The van der Waals surface area contributed by atoms with Crippen LogP contribution in [0.15, 0.2) is 97.2 Å². The molecule has 0 fully saturated rings. The maximum Gasteiger partial charge on any atom is 0.101 e. The van der Waals surface area contributed by atoms with Crippen molar-refractivity contribution < 1.29 is 5.11 Å². The van der Waals surface area contributed by atoms with Crippen molar-refractivity contribution in [2.24, 2.45) is 0 Å². The summed E-state index contributed by atoms with van der Waals surface area (Å²) < 4.78 is 2.26. The van der Waals surface area contributed by atoms with Gasteiger partial charge in [0.05, 0.1) is 27.8 Å². The van der Waals surface area contributed by atoms with Crippen LogP contribution in [-0.2, 0) is 0 Å².